The summed E-state index contributed by atoms with van der Waals surface area (Å²) in [5.74, 6) is 0.727. The van der Waals surface area contributed by atoms with Gasteiger partial charge in [-0.2, -0.15) is 0 Å². The third-order valence-electron chi connectivity index (χ3n) is 4.28. The van der Waals surface area contributed by atoms with Crippen LogP contribution >= 0.6 is 15.9 Å². The summed E-state index contributed by atoms with van der Waals surface area (Å²) in [6, 6.07) is 9.00. The van der Waals surface area contributed by atoms with E-state index in [2.05, 4.69) is 59.4 Å². The Balaban J connectivity index is 2.11. The van der Waals surface area contributed by atoms with Crippen LogP contribution in [0.1, 0.15) is 51.5 Å². The highest BCUT2D eigenvalue weighted by Crippen LogP contribution is 2.39. The van der Waals surface area contributed by atoms with Crippen LogP contribution in [0.15, 0.2) is 28.7 Å². The molecule has 1 nitrogen and oxygen atoms in total. The number of nitrogens with one attached hydrogen (secondary N) is 1. The van der Waals surface area contributed by atoms with Crippen molar-refractivity contribution in [1.29, 1.82) is 0 Å². The lowest BCUT2D eigenvalue weighted by atomic mass is 9.69. The number of rotatable bonds is 5. The van der Waals surface area contributed by atoms with E-state index in [0.717, 1.165) is 19.0 Å². The van der Waals surface area contributed by atoms with Crippen LogP contribution in [-0.2, 0) is 5.41 Å². The molecule has 0 heterocycles. The van der Waals surface area contributed by atoms with Gasteiger partial charge in [-0.05, 0) is 43.0 Å². The van der Waals surface area contributed by atoms with E-state index < -0.39 is 0 Å². The molecule has 1 aromatic rings. The van der Waals surface area contributed by atoms with E-state index in [1.54, 1.807) is 0 Å². The van der Waals surface area contributed by atoms with Crippen molar-refractivity contribution in [1.82, 2.24) is 5.32 Å². The summed E-state index contributed by atoms with van der Waals surface area (Å²) in [6.45, 7) is 6.81. The van der Waals surface area contributed by atoms with Crippen LogP contribution in [0.3, 0.4) is 0 Å². The highest BCUT2D eigenvalue weighted by molar-refractivity contribution is 9.10. The molecule has 1 aliphatic rings. The fourth-order valence-corrected chi connectivity index (χ4v) is 3.46. The number of hydrogen-bond acceptors (Lipinski definition) is 1. The quantitative estimate of drug-likeness (QED) is 0.812. The molecule has 0 spiro atoms. The van der Waals surface area contributed by atoms with Gasteiger partial charge in [0.1, 0.15) is 0 Å². The number of halogens is 1. The van der Waals surface area contributed by atoms with Crippen LogP contribution < -0.4 is 5.32 Å². The summed E-state index contributed by atoms with van der Waals surface area (Å²) in [4.78, 5) is 0. The average molecular weight is 324 g/mol. The van der Waals surface area contributed by atoms with Gasteiger partial charge in [-0.1, -0.05) is 61.2 Å². The zero-order valence-electron chi connectivity index (χ0n) is 12.2. The first kappa shape index (κ1) is 15.1. The Bertz CT molecular complexity index is 377. The van der Waals surface area contributed by atoms with Crippen LogP contribution in [0.2, 0.25) is 0 Å². The van der Waals surface area contributed by atoms with Crippen molar-refractivity contribution in [2.45, 2.75) is 51.4 Å². The standard InChI is InChI=1S/C17H26BrN/c1-14(2)12-19-13-17(10-4-3-5-11-17)15-6-8-16(18)9-7-15/h6-9,14,19H,3-5,10-13H2,1-2H3. The molecule has 106 valence electrons. The Hall–Kier alpha value is -0.340. The Morgan fingerprint density at radius 3 is 2.32 bits per heavy atom. The second-order valence-corrected chi connectivity index (χ2v) is 7.29. The van der Waals surface area contributed by atoms with Crippen molar-refractivity contribution in [2.24, 2.45) is 5.92 Å². The molecule has 1 N–H and O–H groups in total. The first-order chi connectivity index (χ1) is 9.12. The third kappa shape index (κ3) is 4.06. The zero-order chi connectivity index (χ0) is 13.7. The van der Waals surface area contributed by atoms with Crippen molar-refractivity contribution in [3.8, 4) is 0 Å². The molecule has 0 aromatic heterocycles. The Kier molecular flexibility index (Phi) is 5.47. The lowest BCUT2D eigenvalue weighted by Crippen LogP contribution is -2.41. The molecule has 19 heavy (non-hydrogen) atoms. The van der Waals surface area contributed by atoms with Crippen molar-refractivity contribution in [3.05, 3.63) is 34.3 Å². The zero-order valence-corrected chi connectivity index (χ0v) is 13.8. The molecule has 0 unspecified atom stereocenters. The van der Waals surface area contributed by atoms with E-state index in [4.69, 9.17) is 0 Å². The summed E-state index contributed by atoms with van der Waals surface area (Å²) in [6.07, 6.45) is 6.82. The Morgan fingerprint density at radius 1 is 1.11 bits per heavy atom. The number of benzene rings is 1. The average Bonchev–Trinajstić information content (AvgIpc) is 2.40. The molecule has 1 saturated carbocycles. The summed E-state index contributed by atoms with van der Waals surface area (Å²) in [7, 11) is 0. The SMILES string of the molecule is CC(C)CNCC1(c2ccc(Br)cc2)CCCCC1. The van der Waals surface area contributed by atoms with Crippen molar-refractivity contribution in [2.75, 3.05) is 13.1 Å². The smallest absolute Gasteiger partial charge is 0.0175 e. The van der Waals surface area contributed by atoms with E-state index in [0.29, 0.717) is 5.41 Å². The van der Waals surface area contributed by atoms with Gasteiger partial charge >= 0.3 is 0 Å². The molecular formula is C17H26BrN. The van der Waals surface area contributed by atoms with E-state index in [1.165, 1.54) is 42.1 Å². The Labute approximate surface area is 126 Å². The molecule has 1 aromatic carbocycles. The topological polar surface area (TPSA) is 12.0 Å². The molecule has 0 aliphatic heterocycles. The maximum atomic E-state index is 3.70. The van der Waals surface area contributed by atoms with E-state index in [-0.39, 0.29) is 0 Å². The van der Waals surface area contributed by atoms with Crippen molar-refractivity contribution >= 4 is 15.9 Å². The van der Waals surface area contributed by atoms with Gasteiger partial charge in [0, 0.05) is 16.4 Å². The van der Waals surface area contributed by atoms with Gasteiger partial charge in [0.2, 0.25) is 0 Å². The summed E-state index contributed by atoms with van der Waals surface area (Å²) >= 11 is 3.54. The van der Waals surface area contributed by atoms with Gasteiger partial charge < -0.3 is 5.32 Å². The molecule has 0 atom stereocenters. The summed E-state index contributed by atoms with van der Waals surface area (Å²) < 4.78 is 1.18. The van der Waals surface area contributed by atoms with Gasteiger partial charge in [0.15, 0.2) is 0 Å². The highest BCUT2D eigenvalue weighted by Gasteiger charge is 2.33. The fraction of sp³-hybridized carbons (Fsp3) is 0.647. The van der Waals surface area contributed by atoms with Crippen molar-refractivity contribution < 1.29 is 0 Å². The maximum Gasteiger partial charge on any atom is 0.0175 e. The maximum absolute atomic E-state index is 3.70. The molecule has 0 amide bonds. The minimum Gasteiger partial charge on any atom is -0.316 e. The van der Waals surface area contributed by atoms with Crippen molar-refractivity contribution in [3.63, 3.8) is 0 Å². The van der Waals surface area contributed by atoms with Gasteiger partial charge in [-0.15, -0.1) is 0 Å². The number of hydrogen-bond donors (Lipinski definition) is 1. The third-order valence-corrected chi connectivity index (χ3v) is 4.81. The molecule has 1 aliphatic carbocycles. The van der Waals surface area contributed by atoms with Gasteiger partial charge in [0.25, 0.3) is 0 Å². The Morgan fingerprint density at radius 2 is 1.74 bits per heavy atom. The van der Waals surface area contributed by atoms with Crippen LogP contribution in [-0.4, -0.2) is 13.1 Å². The minimum absolute atomic E-state index is 0.369. The predicted octanol–water partition coefficient (Wildman–Crippen LogP) is 4.90. The molecule has 1 fully saturated rings. The van der Waals surface area contributed by atoms with Crippen LogP contribution in [0.25, 0.3) is 0 Å². The molecule has 0 bridgehead atoms. The predicted molar refractivity (Wildman–Crippen MR) is 86.6 cm³/mol. The molecule has 2 heteroatoms. The lowest BCUT2D eigenvalue weighted by Gasteiger charge is -2.38. The van der Waals surface area contributed by atoms with E-state index in [9.17, 15) is 0 Å². The van der Waals surface area contributed by atoms with E-state index >= 15 is 0 Å². The highest BCUT2D eigenvalue weighted by atomic mass is 79.9. The molecule has 2 rings (SSSR count). The van der Waals surface area contributed by atoms with Crippen LogP contribution in [0.4, 0.5) is 0 Å². The molecule has 0 saturated heterocycles. The first-order valence-electron chi connectivity index (χ1n) is 7.59. The second-order valence-electron chi connectivity index (χ2n) is 6.37. The summed E-state index contributed by atoms with van der Waals surface area (Å²) in [5.41, 5.74) is 1.89. The monoisotopic (exact) mass is 323 g/mol. The van der Waals surface area contributed by atoms with Gasteiger partial charge in [-0.3, -0.25) is 0 Å². The lowest BCUT2D eigenvalue weighted by molar-refractivity contribution is 0.276. The van der Waals surface area contributed by atoms with E-state index in [1.807, 2.05) is 0 Å². The van der Waals surface area contributed by atoms with Crippen LogP contribution in [0.5, 0.6) is 0 Å². The molecule has 0 radical (unpaired) electrons. The minimum atomic E-state index is 0.369. The summed E-state index contributed by atoms with van der Waals surface area (Å²) in [5, 5.41) is 3.70. The fourth-order valence-electron chi connectivity index (χ4n) is 3.20. The van der Waals surface area contributed by atoms with Gasteiger partial charge in [0.05, 0.1) is 0 Å². The largest absolute Gasteiger partial charge is 0.316 e. The van der Waals surface area contributed by atoms with Gasteiger partial charge in [-0.25, -0.2) is 0 Å². The normalized spacial score (nSPS) is 18.7. The molecular weight excluding hydrogens is 298 g/mol. The second kappa shape index (κ2) is 6.90. The van der Waals surface area contributed by atoms with Crippen LogP contribution in [0, 0.1) is 5.92 Å². The first-order valence-corrected chi connectivity index (χ1v) is 8.38.